The fourth-order valence-corrected chi connectivity index (χ4v) is 9.57. The maximum absolute atomic E-state index is 15.3. The van der Waals surface area contributed by atoms with Crippen LogP contribution in [-0.4, -0.2) is 62.4 Å². The van der Waals surface area contributed by atoms with Crippen LogP contribution in [0.3, 0.4) is 0 Å². The number of phenolic OH excluding ortho intramolecular Hbond substituents is 2. The lowest BCUT2D eigenvalue weighted by atomic mass is 9.49. The molecule has 3 N–H and O–H groups in total. The summed E-state index contributed by atoms with van der Waals surface area (Å²) in [6, 6.07) is 18.0. The number of anilines is 1. The largest absolute Gasteiger partial charge is 0.508 e. The van der Waals surface area contributed by atoms with E-state index in [1.54, 1.807) is 42.5 Å². The first-order chi connectivity index (χ1) is 27.1. The van der Waals surface area contributed by atoms with E-state index in [0.717, 1.165) is 5.56 Å². The van der Waals surface area contributed by atoms with Gasteiger partial charge in [-0.15, -0.1) is 0 Å². The number of alkyl halides is 3. The molecule has 3 heterocycles. The van der Waals surface area contributed by atoms with E-state index in [9.17, 15) is 37.8 Å². The number of nitrogens with zero attached hydrogens (tertiary/aromatic N) is 3. The molecule has 294 valence electrons. The Labute approximate surface area is 333 Å². The van der Waals surface area contributed by atoms with Crippen LogP contribution in [0, 0.1) is 23.7 Å². The fraction of sp³-hybridized carbons (Fsp3) is 0.293. The number of likely N-dealkylation sites (tertiary alicyclic amines) is 1. The van der Waals surface area contributed by atoms with Gasteiger partial charge < -0.3 is 14.9 Å². The molecule has 0 spiro atoms. The van der Waals surface area contributed by atoms with Crippen molar-refractivity contribution in [1.82, 2.24) is 14.9 Å². The number of aromatic hydroxyl groups is 2. The third kappa shape index (κ3) is 6.16. The normalized spacial score (nSPS) is 25.6. The molecule has 2 aliphatic carbocycles. The van der Waals surface area contributed by atoms with Crippen molar-refractivity contribution in [3.8, 4) is 17.2 Å². The van der Waals surface area contributed by atoms with Gasteiger partial charge in [0.2, 0.25) is 11.8 Å². The first-order valence-corrected chi connectivity index (χ1v) is 18.7. The van der Waals surface area contributed by atoms with Crippen molar-refractivity contribution in [3.05, 3.63) is 123 Å². The molecule has 6 unspecified atom stereocenters. The van der Waals surface area contributed by atoms with Gasteiger partial charge in [0.05, 0.1) is 40.9 Å². The second kappa shape index (κ2) is 14.1. The summed E-state index contributed by atoms with van der Waals surface area (Å²) >= 11 is 12.6. The number of benzene rings is 3. The van der Waals surface area contributed by atoms with Crippen molar-refractivity contribution in [3.63, 3.8) is 0 Å². The van der Waals surface area contributed by atoms with E-state index >= 15 is 4.79 Å². The SMILES string of the molecule is COc1ccc(C2C3=CCC4C(=O)N(CCc5ccc(O)cc5)C(=O)C4C3CC3C(=O)N(Nc4ncc(C(F)(F)F)cc4Cl)C(=O)C32c2ccc(Cl)cc2)cc1O. The molecule has 2 aliphatic heterocycles. The molecular formula is C41H33Cl2F3N4O7. The Kier molecular flexibility index (Phi) is 9.47. The Morgan fingerprint density at radius 3 is 2.30 bits per heavy atom. The molecular weight excluding hydrogens is 788 g/mol. The van der Waals surface area contributed by atoms with E-state index in [4.69, 9.17) is 27.9 Å². The number of hydrogen-bond donors (Lipinski definition) is 3. The molecule has 0 bridgehead atoms. The number of aromatic nitrogens is 1. The van der Waals surface area contributed by atoms with Crippen molar-refractivity contribution in [2.45, 2.75) is 36.8 Å². The van der Waals surface area contributed by atoms with Gasteiger partial charge in [0.1, 0.15) is 5.75 Å². The molecule has 4 aromatic rings. The molecule has 1 aromatic heterocycles. The van der Waals surface area contributed by atoms with Gasteiger partial charge in [0.15, 0.2) is 17.3 Å². The molecule has 6 atom stereocenters. The lowest BCUT2D eigenvalue weighted by Crippen LogP contribution is -2.53. The van der Waals surface area contributed by atoms with Gasteiger partial charge in [-0.2, -0.15) is 18.2 Å². The molecule has 1 saturated carbocycles. The number of hydrazine groups is 1. The van der Waals surface area contributed by atoms with Crippen LogP contribution in [0.15, 0.2) is 90.6 Å². The van der Waals surface area contributed by atoms with E-state index in [-0.39, 0.29) is 48.4 Å². The van der Waals surface area contributed by atoms with E-state index in [2.05, 4.69) is 10.4 Å². The minimum Gasteiger partial charge on any atom is -0.508 e. The molecule has 2 saturated heterocycles. The second-order valence-electron chi connectivity index (χ2n) is 14.6. The van der Waals surface area contributed by atoms with Gasteiger partial charge in [0, 0.05) is 23.7 Å². The average Bonchev–Trinajstić information content (AvgIpc) is 3.55. The number of pyridine rings is 1. The topological polar surface area (TPSA) is 149 Å². The maximum atomic E-state index is 15.3. The van der Waals surface area contributed by atoms with Crippen molar-refractivity contribution >= 4 is 52.6 Å². The molecule has 3 aromatic carbocycles. The monoisotopic (exact) mass is 820 g/mol. The Hall–Kier alpha value is -5.60. The number of nitrogens with one attached hydrogen (secondary N) is 1. The van der Waals surface area contributed by atoms with E-state index in [0.29, 0.717) is 45.4 Å². The predicted molar refractivity (Wildman–Crippen MR) is 200 cm³/mol. The molecule has 16 heteroatoms. The summed E-state index contributed by atoms with van der Waals surface area (Å²) in [5.74, 6) is -7.32. The number of carbonyl (C=O) groups is 4. The minimum atomic E-state index is -4.76. The number of halogens is 5. The highest BCUT2D eigenvalue weighted by atomic mass is 35.5. The Morgan fingerprint density at radius 2 is 1.65 bits per heavy atom. The third-order valence-electron chi connectivity index (χ3n) is 11.7. The molecule has 8 rings (SSSR count). The first kappa shape index (κ1) is 38.3. The maximum Gasteiger partial charge on any atom is 0.417 e. The molecule has 11 nitrogen and oxygen atoms in total. The Bertz CT molecular complexity index is 2360. The quantitative estimate of drug-likeness (QED) is 0.126. The highest BCUT2D eigenvalue weighted by molar-refractivity contribution is 6.33. The van der Waals surface area contributed by atoms with Crippen LogP contribution >= 0.6 is 23.2 Å². The highest BCUT2D eigenvalue weighted by Gasteiger charge is 2.70. The number of phenols is 2. The van der Waals surface area contributed by atoms with Gasteiger partial charge in [-0.1, -0.05) is 65.2 Å². The summed E-state index contributed by atoms with van der Waals surface area (Å²) in [5.41, 5.74) is 1.88. The summed E-state index contributed by atoms with van der Waals surface area (Å²) in [4.78, 5) is 63.6. The molecule has 0 radical (unpaired) electrons. The lowest BCUT2D eigenvalue weighted by molar-refractivity contribution is -0.141. The molecule has 3 fully saturated rings. The van der Waals surface area contributed by atoms with Crippen molar-refractivity contribution < 1.29 is 47.3 Å². The summed E-state index contributed by atoms with van der Waals surface area (Å²) in [6.07, 6.45) is -1.95. The van der Waals surface area contributed by atoms with Crippen LogP contribution in [0.1, 0.15) is 41.0 Å². The lowest BCUT2D eigenvalue weighted by Gasteiger charge is -2.50. The second-order valence-corrected chi connectivity index (χ2v) is 15.4. The van der Waals surface area contributed by atoms with Crippen LogP contribution in [0.2, 0.25) is 10.0 Å². The summed E-state index contributed by atoms with van der Waals surface area (Å²) < 4.78 is 45.8. The zero-order valence-electron chi connectivity index (χ0n) is 30.0. The van der Waals surface area contributed by atoms with E-state index in [1.807, 2.05) is 6.08 Å². The third-order valence-corrected chi connectivity index (χ3v) is 12.3. The molecule has 4 amide bonds. The fourth-order valence-electron chi connectivity index (χ4n) is 9.23. The summed E-state index contributed by atoms with van der Waals surface area (Å²) in [6.45, 7) is 0.0847. The Balaban J connectivity index is 1.26. The number of ether oxygens (including phenoxy) is 1. The number of fused-ring (bicyclic) bond motifs is 4. The minimum absolute atomic E-state index is 0.0595. The van der Waals surface area contributed by atoms with Gasteiger partial charge in [-0.05, 0) is 84.3 Å². The number of allylic oxidation sites excluding steroid dienone is 2. The number of amides is 4. The highest BCUT2D eigenvalue weighted by Crippen LogP contribution is 2.64. The van der Waals surface area contributed by atoms with Crippen molar-refractivity contribution in [2.75, 3.05) is 19.1 Å². The van der Waals surface area contributed by atoms with Crippen LogP contribution in [0.25, 0.3) is 0 Å². The zero-order chi connectivity index (χ0) is 40.6. The summed E-state index contributed by atoms with van der Waals surface area (Å²) in [5, 5.41) is 21.4. The van der Waals surface area contributed by atoms with E-state index in [1.165, 1.54) is 36.3 Å². The Morgan fingerprint density at radius 1 is 0.930 bits per heavy atom. The van der Waals surface area contributed by atoms with Gasteiger partial charge in [-0.3, -0.25) is 29.5 Å². The van der Waals surface area contributed by atoms with Crippen LogP contribution in [0.5, 0.6) is 17.2 Å². The standard InChI is InChI=1S/C41H33Cl2F3N4O7/c1-57-32-13-4-21(16-31(32)52)34-26-11-12-27-33(38(55)49(36(27)53)15-14-20-2-9-25(51)10-3-20)28(26)18-29-37(54)50(39(56)40(29,34)22-5-7-24(42)8-6-22)48-35-30(43)17-23(19-47-35)41(44,45)46/h2-11,13,16-17,19,27-29,33-34,51-52H,12,14-15,18H2,1H3,(H,47,48). The van der Waals surface area contributed by atoms with Crippen molar-refractivity contribution in [2.24, 2.45) is 23.7 Å². The van der Waals surface area contributed by atoms with E-state index < -0.39 is 69.5 Å². The first-order valence-electron chi connectivity index (χ1n) is 18.0. The molecule has 57 heavy (non-hydrogen) atoms. The predicted octanol–water partition coefficient (Wildman–Crippen LogP) is 7.05. The van der Waals surface area contributed by atoms with Crippen molar-refractivity contribution in [1.29, 1.82) is 0 Å². The van der Waals surface area contributed by atoms with Crippen LogP contribution in [-0.2, 0) is 37.2 Å². The smallest absolute Gasteiger partial charge is 0.417 e. The summed E-state index contributed by atoms with van der Waals surface area (Å²) in [7, 11) is 1.37. The van der Waals surface area contributed by atoms with Gasteiger partial charge in [0.25, 0.3) is 11.8 Å². The van der Waals surface area contributed by atoms with Crippen LogP contribution in [0.4, 0.5) is 19.0 Å². The number of carbonyl (C=O) groups excluding carboxylic acids is 4. The van der Waals surface area contributed by atoms with Gasteiger partial charge in [-0.25, -0.2) is 4.98 Å². The number of hydrogen-bond acceptors (Lipinski definition) is 9. The average molecular weight is 822 g/mol. The zero-order valence-corrected chi connectivity index (χ0v) is 31.5. The van der Waals surface area contributed by atoms with Crippen LogP contribution < -0.4 is 10.2 Å². The number of rotatable bonds is 8. The number of imide groups is 2. The molecule has 4 aliphatic rings. The number of methoxy groups -OCH3 is 1. The van der Waals surface area contributed by atoms with Gasteiger partial charge >= 0.3 is 6.18 Å².